The van der Waals surface area contributed by atoms with Crippen LogP contribution in [-0.4, -0.2) is 66.2 Å². The van der Waals surface area contributed by atoms with Crippen molar-refractivity contribution in [3.05, 3.63) is 70.8 Å². The lowest BCUT2D eigenvalue weighted by molar-refractivity contribution is -0.138. The molecule has 0 N–H and O–H groups in total. The van der Waals surface area contributed by atoms with Crippen molar-refractivity contribution in [2.45, 2.75) is 36.7 Å². The zero-order valence-corrected chi connectivity index (χ0v) is 20.9. The Kier molecular flexibility index (Phi) is 8.24. The van der Waals surface area contributed by atoms with Crippen molar-refractivity contribution < 1.29 is 40.6 Å². The van der Waals surface area contributed by atoms with Gasteiger partial charge in [0, 0.05) is 19.0 Å². The normalized spacial score (nSPS) is 23.2. The van der Waals surface area contributed by atoms with Crippen molar-refractivity contribution in [2.75, 3.05) is 32.9 Å². The van der Waals surface area contributed by atoms with Gasteiger partial charge in [-0.2, -0.15) is 36.5 Å². The van der Waals surface area contributed by atoms with Gasteiger partial charge in [-0.3, -0.25) is 4.90 Å². The number of halogens is 7. The Labute approximate surface area is 219 Å². The molecule has 1 fully saturated rings. The highest BCUT2D eigenvalue weighted by molar-refractivity contribution is 6.36. The molecule has 0 spiro atoms. The van der Waals surface area contributed by atoms with Crippen LogP contribution in [0.15, 0.2) is 53.6 Å². The summed E-state index contributed by atoms with van der Waals surface area (Å²) in [5, 5.41) is 4.12. The Bertz CT molecular complexity index is 1180. The number of ether oxygens (including phenoxy) is 2. The molecule has 2 aromatic rings. The summed E-state index contributed by atoms with van der Waals surface area (Å²) >= 11 is 6.88. The van der Waals surface area contributed by atoms with E-state index < -0.39 is 47.0 Å². The second-order valence-corrected chi connectivity index (χ2v) is 9.19. The molecular formula is C25H24ClF6N3O3. The molecule has 1 amide bonds. The standard InChI is InChI=1S/C25H24ClF6N3O3/c1-2-38-23(36)35-22(34-9-11-37-12-10-34)19(15-5-3-7-17(13-15)24(27,28)29)20(26)21(33-35)16-6-4-8-18(14-16)25(30,31)32/h3-8,13-14,19-20,22H,2,9-12H2,1H3/t19-,20-,22-/m1/s1. The van der Waals surface area contributed by atoms with E-state index in [0.29, 0.717) is 26.3 Å². The highest BCUT2D eigenvalue weighted by atomic mass is 35.5. The van der Waals surface area contributed by atoms with Gasteiger partial charge >= 0.3 is 18.4 Å². The molecular weight excluding hydrogens is 540 g/mol. The van der Waals surface area contributed by atoms with Crippen molar-refractivity contribution in [1.29, 1.82) is 0 Å². The summed E-state index contributed by atoms with van der Waals surface area (Å²) in [4.78, 5) is 14.9. The van der Waals surface area contributed by atoms with Gasteiger partial charge in [-0.15, -0.1) is 11.6 Å². The molecule has 0 aromatic heterocycles. The first kappa shape index (κ1) is 28.2. The van der Waals surface area contributed by atoms with Gasteiger partial charge in [0.15, 0.2) is 0 Å². The summed E-state index contributed by atoms with van der Waals surface area (Å²) in [6.45, 7) is 2.75. The summed E-state index contributed by atoms with van der Waals surface area (Å²) in [5.41, 5.74) is -1.87. The van der Waals surface area contributed by atoms with Gasteiger partial charge in [-0.05, 0) is 36.2 Å². The lowest BCUT2D eigenvalue weighted by Crippen LogP contribution is -2.60. The molecule has 38 heavy (non-hydrogen) atoms. The molecule has 0 radical (unpaired) electrons. The van der Waals surface area contributed by atoms with E-state index in [1.165, 1.54) is 24.3 Å². The molecule has 2 aliphatic heterocycles. The lowest BCUT2D eigenvalue weighted by atomic mass is 9.84. The molecule has 4 rings (SSSR count). The summed E-state index contributed by atoms with van der Waals surface area (Å²) in [7, 11) is 0. The minimum atomic E-state index is -4.66. The third-order valence-electron chi connectivity index (χ3n) is 6.32. The minimum absolute atomic E-state index is 0.0217. The van der Waals surface area contributed by atoms with E-state index in [1.807, 2.05) is 0 Å². The van der Waals surface area contributed by atoms with Crippen LogP contribution in [0.1, 0.15) is 35.1 Å². The number of benzene rings is 2. The van der Waals surface area contributed by atoms with Gasteiger partial charge < -0.3 is 9.47 Å². The van der Waals surface area contributed by atoms with Crippen LogP contribution >= 0.6 is 11.6 Å². The van der Waals surface area contributed by atoms with Crippen LogP contribution in [0.2, 0.25) is 0 Å². The fraction of sp³-hybridized carbons (Fsp3) is 0.440. The summed E-state index contributed by atoms with van der Waals surface area (Å²) in [6.07, 6.45) is -11.2. The average Bonchev–Trinajstić information content (AvgIpc) is 2.88. The van der Waals surface area contributed by atoms with Crippen molar-refractivity contribution in [1.82, 2.24) is 9.91 Å². The largest absolute Gasteiger partial charge is 0.448 e. The number of carbonyl (C=O) groups is 1. The molecule has 2 heterocycles. The van der Waals surface area contributed by atoms with Crippen molar-refractivity contribution in [3.8, 4) is 0 Å². The summed E-state index contributed by atoms with van der Waals surface area (Å²) in [6, 6.07) is 8.76. The zero-order valence-electron chi connectivity index (χ0n) is 20.1. The first-order chi connectivity index (χ1) is 17.9. The SMILES string of the molecule is CCOC(=O)N1N=C(c2cccc(C(F)(F)F)c2)[C@H](Cl)[C@@H](c2cccc(C(F)(F)F)c2)[C@@H]1N1CCOCC1. The third-order valence-corrected chi connectivity index (χ3v) is 6.80. The Morgan fingerprint density at radius 1 is 1.03 bits per heavy atom. The average molecular weight is 564 g/mol. The van der Waals surface area contributed by atoms with Gasteiger partial charge in [-0.1, -0.05) is 30.3 Å². The number of carbonyl (C=O) groups excluding carboxylic acids is 1. The van der Waals surface area contributed by atoms with Gasteiger partial charge in [0.1, 0.15) is 6.17 Å². The quantitative estimate of drug-likeness (QED) is 0.341. The monoisotopic (exact) mass is 563 g/mol. The van der Waals surface area contributed by atoms with Crippen LogP contribution in [0.3, 0.4) is 0 Å². The van der Waals surface area contributed by atoms with E-state index in [2.05, 4.69) is 5.10 Å². The Balaban J connectivity index is 1.91. The number of amides is 1. The van der Waals surface area contributed by atoms with E-state index in [-0.39, 0.29) is 23.4 Å². The highest BCUT2D eigenvalue weighted by Gasteiger charge is 2.47. The molecule has 3 atom stereocenters. The number of hydrazone groups is 1. The lowest BCUT2D eigenvalue weighted by Gasteiger charge is -2.47. The van der Waals surface area contributed by atoms with Crippen LogP contribution in [0.5, 0.6) is 0 Å². The zero-order chi connectivity index (χ0) is 27.7. The van der Waals surface area contributed by atoms with Crippen molar-refractivity contribution >= 4 is 23.4 Å². The predicted molar refractivity (Wildman–Crippen MR) is 127 cm³/mol. The van der Waals surface area contributed by atoms with E-state index >= 15 is 0 Å². The number of alkyl halides is 7. The summed E-state index contributed by atoms with van der Waals surface area (Å²) in [5.74, 6) is -1.01. The smallest absolute Gasteiger partial charge is 0.431 e. The van der Waals surface area contributed by atoms with Gasteiger partial charge in [0.05, 0.1) is 42.0 Å². The third kappa shape index (κ3) is 5.92. The van der Waals surface area contributed by atoms with E-state index in [4.69, 9.17) is 21.1 Å². The second-order valence-electron chi connectivity index (χ2n) is 8.72. The minimum Gasteiger partial charge on any atom is -0.448 e. The van der Waals surface area contributed by atoms with Gasteiger partial charge in [0.2, 0.25) is 0 Å². The maximum Gasteiger partial charge on any atom is 0.431 e. The van der Waals surface area contributed by atoms with Crippen molar-refractivity contribution in [2.24, 2.45) is 5.10 Å². The van der Waals surface area contributed by atoms with E-state index in [0.717, 1.165) is 29.3 Å². The molecule has 6 nitrogen and oxygen atoms in total. The maximum absolute atomic E-state index is 13.6. The first-order valence-corrected chi connectivity index (χ1v) is 12.2. The molecule has 0 unspecified atom stereocenters. The molecule has 2 aliphatic rings. The fourth-order valence-electron chi connectivity index (χ4n) is 4.60. The first-order valence-electron chi connectivity index (χ1n) is 11.8. The maximum atomic E-state index is 13.6. The Morgan fingerprint density at radius 3 is 2.24 bits per heavy atom. The topological polar surface area (TPSA) is 54.4 Å². The van der Waals surface area contributed by atoms with E-state index in [1.54, 1.807) is 11.8 Å². The second kappa shape index (κ2) is 11.1. The molecule has 1 saturated heterocycles. The molecule has 2 aromatic carbocycles. The van der Waals surface area contributed by atoms with Crippen molar-refractivity contribution in [3.63, 3.8) is 0 Å². The predicted octanol–water partition coefficient (Wildman–Crippen LogP) is 5.95. The van der Waals surface area contributed by atoms with Crippen LogP contribution < -0.4 is 0 Å². The number of nitrogens with zero attached hydrogens (tertiary/aromatic N) is 3. The molecule has 206 valence electrons. The Morgan fingerprint density at radius 2 is 1.63 bits per heavy atom. The van der Waals surface area contributed by atoms with Crippen LogP contribution in [0.25, 0.3) is 0 Å². The number of hydrogen-bond acceptors (Lipinski definition) is 5. The molecule has 0 aliphatic carbocycles. The van der Waals surface area contributed by atoms with Crippen LogP contribution in [0.4, 0.5) is 31.1 Å². The molecule has 0 saturated carbocycles. The van der Waals surface area contributed by atoms with Crippen LogP contribution in [-0.2, 0) is 21.8 Å². The number of hydrogen-bond donors (Lipinski definition) is 0. The Hall–Kier alpha value is -2.83. The molecule has 0 bridgehead atoms. The summed E-state index contributed by atoms with van der Waals surface area (Å²) < 4.78 is 91.8. The molecule has 13 heteroatoms. The van der Waals surface area contributed by atoms with E-state index in [9.17, 15) is 31.1 Å². The van der Waals surface area contributed by atoms with Gasteiger partial charge in [-0.25, -0.2) is 4.79 Å². The fourth-order valence-corrected chi connectivity index (χ4v) is 5.05. The van der Waals surface area contributed by atoms with Gasteiger partial charge in [0.25, 0.3) is 0 Å². The number of rotatable bonds is 4. The van der Waals surface area contributed by atoms with Crippen LogP contribution in [0, 0.1) is 0 Å². The highest BCUT2D eigenvalue weighted by Crippen LogP contribution is 2.41. The number of morpholine rings is 1.